The maximum atomic E-state index is 11.9. The second kappa shape index (κ2) is 7.83. The Bertz CT molecular complexity index is 754. The molecule has 2 amide bonds. The number of amides is 2. The Morgan fingerprint density at radius 3 is 2.40 bits per heavy atom. The number of hydrogen-bond donors (Lipinski definition) is 2. The van der Waals surface area contributed by atoms with Crippen LogP contribution in [0.3, 0.4) is 0 Å². The molecule has 0 aromatic heterocycles. The highest BCUT2D eigenvalue weighted by Gasteiger charge is 2.26. The quantitative estimate of drug-likeness (QED) is 0.774. The maximum absolute atomic E-state index is 11.9. The zero-order chi connectivity index (χ0) is 17.6. The number of hydrogen-bond acceptors (Lipinski definition) is 2. The van der Waals surface area contributed by atoms with E-state index in [-0.39, 0.29) is 6.04 Å². The van der Waals surface area contributed by atoms with Gasteiger partial charge < -0.3 is 10.4 Å². The van der Waals surface area contributed by atoms with Crippen molar-refractivity contribution < 1.29 is 14.7 Å². The molecule has 5 heteroatoms. The van der Waals surface area contributed by atoms with E-state index in [1.807, 2.05) is 48.5 Å². The second-order valence-corrected chi connectivity index (χ2v) is 6.34. The van der Waals surface area contributed by atoms with Crippen LogP contribution in [0.15, 0.2) is 48.5 Å². The molecule has 0 unspecified atom stereocenters. The van der Waals surface area contributed by atoms with Gasteiger partial charge in [0.25, 0.3) is 0 Å². The van der Waals surface area contributed by atoms with E-state index in [9.17, 15) is 14.7 Å². The van der Waals surface area contributed by atoms with Gasteiger partial charge in [0.2, 0.25) is 6.41 Å². The van der Waals surface area contributed by atoms with E-state index in [1.165, 1.54) is 11.3 Å². The average Bonchev–Trinajstić information content (AvgIpc) is 2.63. The normalized spacial score (nSPS) is 14.7. The fourth-order valence-corrected chi connectivity index (χ4v) is 3.51. The highest BCUT2D eigenvalue weighted by molar-refractivity contribution is 5.88. The predicted molar refractivity (Wildman–Crippen MR) is 98.9 cm³/mol. The van der Waals surface area contributed by atoms with E-state index in [1.54, 1.807) is 0 Å². The molecular weight excluding hydrogens is 316 g/mol. The third-order valence-corrected chi connectivity index (χ3v) is 4.69. The van der Waals surface area contributed by atoms with E-state index < -0.39 is 6.09 Å². The Morgan fingerprint density at radius 1 is 1.04 bits per heavy atom. The van der Waals surface area contributed by atoms with Crippen molar-refractivity contribution in [2.75, 3.05) is 10.2 Å². The van der Waals surface area contributed by atoms with Gasteiger partial charge in [-0.05, 0) is 48.2 Å². The molecule has 2 aromatic rings. The Labute approximate surface area is 147 Å². The van der Waals surface area contributed by atoms with Crippen LogP contribution in [-0.4, -0.2) is 23.7 Å². The summed E-state index contributed by atoms with van der Waals surface area (Å²) < 4.78 is 0. The lowest BCUT2D eigenvalue weighted by Crippen LogP contribution is -2.40. The van der Waals surface area contributed by atoms with E-state index in [4.69, 9.17) is 0 Å². The first-order valence-electron chi connectivity index (χ1n) is 8.62. The van der Waals surface area contributed by atoms with Crippen molar-refractivity contribution in [3.8, 4) is 11.1 Å². The maximum Gasteiger partial charge on any atom is 0.412 e. The molecule has 0 saturated heterocycles. The zero-order valence-corrected chi connectivity index (χ0v) is 14.0. The van der Waals surface area contributed by atoms with Crippen molar-refractivity contribution in [2.24, 2.45) is 0 Å². The van der Waals surface area contributed by atoms with Crippen LogP contribution in [0.1, 0.15) is 32.1 Å². The molecule has 25 heavy (non-hydrogen) atoms. The summed E-state index contributed by atoms with van der Waals surface area (Å²) in [5.41, 5.74) is 3.27. The Hall–Kier alpha value is -2.82. The number of carboxylic acid groups (broad SMARTS) is 1. The summed E-state index contributed by atoms with van der Waals surface area (Å²) in [5, 5.41) is 12.4. The van der Waals surface area contributed by atoms with Gasteiger partial charge in [-0.15, -0.1) is 0 Å². The summed E-state index contributed by atoms with van der Waals surface area (Å²) in [5.74, 6) is 0. The highest BCUT2D eigenvalue weighted by atomic mass is 16.4. The molecular formula is C20H22N2O3. The molecule has 1 aliphatic rings. The number of anilines is 2. The monoisotopic (exact) mass is 338 g/mol. The molecule has 0 atom stereocenters. The number of nitrogens with zero attached hydrogens (tertiary/aromatic N) is 1. The van der Waals surface area contributed by atoms with Gasteiger partial charge in [-0.1, -0.05) is 43.5 Å². The average molecular weight is 338 g/mol. The third kappa shape index (κ3) is 3.99. The lowest BCUT2D eigenvalue weighted by molar-refractivity contribution is -0.105. The van der Waals surface area contributed by atoms with Gasteiger partial charge in [-0.25, -0.2) is 4.79 Å². The minimum Gasteiger partial charge on any atom is -0.465 e. The van der Waals surface area contributed by atoms with Crippen molar-refractivity contribution in [3.05, 3.63) is 48.5 Å². The number of carbonyl (C=O) groups excluding carboxylic acids is 1. The molecule has 1 aliphatic carbocycles. The SMILES string of the molecule is O=CNc1cccc(-c2cccc(N(C(=O)O)C3CCCCC3)c2)c1. The lowest BCUT2D eigenvalue weighted by atomic mass is 9.93. The van der Waals surface area contributed by atoms with Gasteiger partial charge in [-0.2, -0.15) is 0 Å². The van der Waals surface area contributed by atoms with Gasteiger partial charge in [-0.3, -0.25) is 9.69 Å². The molecule has 2 aromatic carbocycles. The summed E-state index contributed by atoms with van der Waals surface area (Å²) in [6, 6.07) is 15.1. The molecule has 0 aliphatic heterocycles. The van der Waals surface area contributed by atoms with Crippen molar-refractivity contribution in [1.29, 1.82) is 0 Å². The topological polar surface area (TPSA) is 69.6 Å². The minimum absolute atomic E-state index is 0.0459. The molecule has 5 nitrogen and oxygen atoms in total. The van der Waals surface area contributed by atoms with Crippen LogP contribution < -0.4 is 10.2 Å². The number of carbonyl (C=O) groups is 2. The smallest absolute Gasteiger partial charge is 0.412 e. The number of nitrogens with one attached hydrogen (secondary N) is 1. The van der Waals surface area contributed by atoms with Gasteiger partial charge in [0.05, 0.1) is 0 Å². The van der Waals surface area contributed by atoms with Crippen molar-refractivity contribution in [3.63, 3.8) is 0 Å². The first-order chi connectivity index (χ1) is 12.2. The fourth-order valence-electron chi connectivity index (χ4n) is 3.51. The van der Waals surface area contributed by atoms with Crippen LogP contribution in [-0.2, 0) is 4.79 Å². The van der Waals surface area contributed by atoms with Crippen molar-refractivity contribution in [1.82, 2.24) is 0 Å². The largest absolute Gasteiger partial charge is 0.465 e. The third-order valence-electron chi connectivity index (χ3n) is 4.69. The molecule has 3 rings (SSSR count). The van der Waals surface area contributed by atoms with Crippen LogP contribution in [0.4, 0.5) is 16.2 Å². The van der Waals surface area contributed by atoms with Crippen LogP contribution in [0.5, 0.6) is 0 Å². The predicted octanol–water partition coefficient (Wildman–Crippen LogP) is 4.74. The Morgan fingerprint density at radius 2 is 1.72 bits per heavy atom. The van der Waals surface area contributed by atoms with Crippen molar-refractivity contribution in [2.45, 2.75) is 38.1 Å². The number of rotatable bonds is 5. The summed E-state index contributed by atoms with van der Waals surface area (Å²) in [7, 11) is 0. The van der Waals surface area contributed by atoms with E-state index in [0.717, 1.165) is 36.8 Å². The molecule has 0 heterocycles. The van der Waals surface area contributed by atoms with Gasteiger partial charge in [0.15, 0.2) is 0 Å². The minimum atomic E-state index is -0.902. The van der Waals surface area contributed by atoms with Crippen LogP contribution >= 0.6 is 0 Å². The molecule has 130 valence electrons. The summed E-state index contributed by atoms with van der Waals surface area (Å²) in [6.45, 7) is 0. The zero-order valence-electron chi connectivity index (χ0n) is 14.0. The fraction of sp³-hybridized carbons (Fsp3) is 0.300. The first kappa shape index (κ1) is 17.0. The van der Waals surface area contributed by atoms with Gasteiger partial charge in [0.1, 0.15) is 0 Å². The van der Waals surface area contributed by atoms with E-state index in [2.05, 4.69) is 5.32 Å². The molecule has 2 N–H and O–H groups in total. The highest BCUT2D eigenvalue weighted by Crippen LogP contribution is 2.31. The van der Waals surface area contributed by atoms with Crippen LogP contribution in [0, 0.1) is 0 Å². The first-order valence-corrected chi connectivity index (χ1v) is 8.62. The summed E-state index contributed by atoms with van der Waals surface area (Å²) >= 11 is 0. The van der Waals surface area contributed by atoms with Crippen LogP contribution in [0.25, 0.3) is 11.1 Å². The van der Waals surface area contributed by atoms with Crippen molar-refractivity contribution >= 4 is 23.9 Å². The molecule has 1 saturated carbocycles. The Balaban J connectivity index is 1.92. The van der Waals surface area contributed by atoms with Gasteiger partial charge >= 0.3 is 6.09 Å². The second-order valence-electron chi connectivity index (χ2n) is 6.34. The molecule has 1 fully saturated rings. The molecule has 0 bridgehead atoms. The Kier molecular flexibility index (Phi) is 5.33. The summed E-state index contributed by atoms with van der Waals surface area (Å²) in [4.78, 5) is 24.0. The summed E-state index contributed by atoms with van der Waals surface area (Å²) in [6.07, 6.45) is 4.90. The van der Waals surface area contributed by atoms with E-state index >= 15 is 0 Å². The lowest BCUT2D eigenvalue weighted by Gasteiger charge is -2.32. The van der Waals surface area contributed by atoms with Crippen LogP contribution in [0.2, 0.25) is 0 Å². The number of benzene rings is 2. The molecule has 0 radical (unpaired) electrons. The standard InChI is InChI=1S/C20H22N2O3/c23-14-21-17-8-4-6-15(12-17)16-7-5-11-19(13-16)22(20(24)25)18-9-2-1-3-10-18/h4-8,11-14,18H,1-3,9-10H2,(H,21,23)(H,24,25). The molecule has 0 spiro atoms. The van der Waals surface area contributed by atoms with E-state index in [0.29, 0.717) is 17.8 Å². The van der Waals surface area contributed by atoms with Gasteiger partial charge in [0, 0.05) is 17.4 Å².